The maximum Gasteiger partial charge on any atom is 0.329 e. The van der Waals surface area contributed by atoms with Crippen molar-refractivity contribution < 1.29 is 23.5 Å². The van der Waals surface area contributed by atoms with Crippen LogP contribution >= 0.6 is 8.60 Å². The molecule has 39 heavy (non-hydrogen) atoms. The standard InChI is InChI=1S/C32H64NO5P/c1-3-5-6-7-8-9-10-11-12-13-14-15-16-20-26-36-29-31(28-32(34)22-4-2)30-38-39(35)37-27-21-19-25-33-23-17-18-24-33/h31,35H,3-30H2,1-2H3. The Hall–Kier alpha value is -0.100. The highest BCUT2D eigenvalue weighted by molar-refractivity contribution is 7.40. The fraction of sp³-hybridized carbons (Fsp3) is 0.969. The summed E-state index contributed by atoms with van der Waals surface area (Å²) in [6.07, 6.45) is 25.4. The van der Waals surface area contributed by atoms with Crippen LogP contribution in [0.25, 0.3) is 0 Å². The Labute approximate surface area is 243 Å². The van der Waals surface area contributed by atoms with Crippen molar-refractivity contribution in [2.75, 3.05) is 46.1 Å². The summed E-state index contributed by atoms with van der Waals surface area (Å²) in [5.41, 5.74) is 0. The lowest BCUT2D eigenvalue weighted by atomic mass is 10.0. The summed E-state index contributed by atoms with van der Waals surface area (Å²) in [4.78, 5) is 24.9. The molecule has 0 aromatic carbocycles. The van der Waals surface area contributed by atoms with E-state index < -0.39 is 8.60 Å². The summed E-state index contributed by atoms with van der Waals surface area (Å²) in [5.74, 6) is 0.225. The first-order chi connectivity index (χ1) is 19.2. The van der Waals surface area contributed by atoms with Crippen LogP contribution in [0.3, 0.4) is 0 Å². The van der Waals surface area contributed by atoms with Crippen LogP contribution in [0.4, 0.5) is 0 Å². The molecule has 0 aromatic heterocycles. The van der Waals surface area contributed by atoms with E-state index in [2.05, 4.69) is 11.8 Å². The molecule has 1 rings (SSSR count). The van der Waals surface area contributed by atoms with Gasteiger partial charge in [0.25, 0.3) is 0 Å². The van der Waals surface area contributed by atoms with Crippen LogP contribution in [-0.4, -0.2) is 61.6 Å². The molecule has 1 fully saturated rings. The van der Waals surface area contributed by atoms with Gasteiger partial charge in [-0.15, -0.1) is 0 Å². The van der Waals surface area contributed by atoms with E-state index in [0.717, 1.165) is 38.8 Å². The Morgan fingerprint density at radius 3 is 1.87 bits per heavy atom. The van der Waals surface area contributed by atoms with Crippen LogP contribution in [0.1, 0.15) is 149 Å². The van der Waals surface area contributed by atoms with Gasteiger partial charge in [-0.05, 0) is 58.2 Å². The third-order valence-electron chi connectivity index (χ3n) is 7.73. The first kappa shape index (κ1) is 36.9. The zero-order valence-electron chi connectivity index (χ0n) is 25.9. The maximum atomic E-state index is 12.2. The Balaban J connectivity index is 2.02. The number of unbranched alkanes of at least 4 members (excludes halogenated alkanes) is 14. The molecular weight excluding hydrogens is 509 g/mol. The molecule has 2 atom stereocenters. The van der Waals surface area contributed by atoms with Crippen LogP contribution in [0.15, 0.2) is 0 Å². The first-order valence-corrected chi connectivity index (χ1v) is 17.8. The number of carbonyl (C=O) groups is 1. The van der Waals surface area contributed by atoms with Crippen LogP contribution in [-0.2, 0) is 18.6 Å². The molecule has 7 heteroatoms. The largest absolute Gasteiger partial charge is 0.381 e. The van der Waals surface area contributed by atoms with Gasteiger partial charge in [0.05, 0.1) is 19.8 Å². The highest BCUT2D eigenvalue weighted by atomic mass is 31.2. The van der Waals surface area contributed by atoms with Gasteiger partial charge in [-0.2, -0.15) is 0 Å². The van der Waals surface area contributed by atoms with Crippen LogP contribution < -0.4 is 0 Å². The van der Waals surface area contributed by atoms with Crippen LogP contribution in [0, 0.1) is 5.92 Å². The van der Waals surface area contributed by atoms with E-state index in [-0.39, 0.29) is 11.7 Å². The lowest BCUT2D eigenvalue weighted by molar-refractivity contribution is -0.120. The van der Waals surface area contributed by atoms with Crippen molar-refractivity contribution in [1.29, 1.82) is 0 Å². The third kappa shape index (κ3) is 24.2. The smallest absolute Gasteiger partial charge is 0.329 e. The molecule has 1 N–H and O–H groups in total. The van der Waals surface area contributed by atoms with Gasteiger partial charge in [-0.25, -0.2) is 0 Å². The normalized spacial score (nSPS) is 15.7. The average molecular weight is 574 g/mol. The number of rotatable bonds is 30. The molecule has 1 aliphatic rings. The molecule has 1 aliphatic heterocycles. The number of hydrogen-bond acceptors (Lipinski definition) is 6. The predicted octanol–water partition coefficient (Wildman–Crippen LogP) is 8.99. The molecule has 232 valence electrons. The Bertz CT molecular complexity index is 533. The van der Waals surface area contributed by atoms with E-state index in [1.165, 1.54) is 109 Å². The zero-order valence-corrected chi connectivity index (χ0v) is 26.7. The van der Waals surface area contributed by atoms with Gasteiger partial charge in [0.15, 0.2) is 0 Å². The summed E-state index contributed by atoms with van der Waals surface area (Å²) in [7, 11) is -1.89. The Morgan fingerprint density at radius 2 is 1.28 bits per heavy atom. The Morgan fingerprint density at radius 1 is 0.718 bits per heavy atom. The van der Waals surface area contributed by atoms with Crippen molar-refractivity contribution in [3.05, 3.63) is 0 Å². The number of nitrogens with zero attached hydrogens (tertiary/aromatic N) is 1. The highest BCUT2D eigenvalue weighted by Crippen LogP contribution is 2.34. The molecule has 0 bridgehead atoms. The monoisotopic (exact) mass is 573 g/mol. The van der Waals surface area contributed by atoms with Gasteiger partial charge < -0.3 is 23.6 Å². The van der Waals surface area contributed by atoms with Crippen molar-refractivity contribution >= 4 is 14.4 Å². The van der Waals surface area contributed by atoms with Gasteiger partial charge in [-0.3, -0.25) is 4.79 Å². The van der Waals surface area contributed by atoms with E-state index in [4.69, 9.17) is 13.8 Å². The maximum absolute atomic E-state index is 12.2. The van der Waals surface area contributed by atoms with Gasteiger partial charge in [0.2, 0.25) is 0 Å². The SMILES string of the molecule is CCCCCCCCCCCCCCCCOCC(COP(O)OCCCCN1CCCC1)CC(=O)CCC. The molecule has 0 radical (unpaired) electrons. The second kappa shape index (κ2) is 28.0. The number of hydrogen-bond donors (Lipinski definition) is 1. The lowest BCUT2D eigenvalue weighted by Crippen LogP contribution is -2.20. The average Bonchev–Trinajstić information content (AvgIpc) is 3.45. The minimum absolute atomic E-state index is 0.0217. The molecule has 0 aromatic rings. The molecule has 1 saturated heterocycles. The predicted molar refractivity (Wildman–Crippen MR) is 165 cm³/mol. The number of ether oxygens (including phenoxy) is 1. The molecule has 0 amide bonds. The van der Waals surface area contributed by atoms with Gasteiger partial charge in [-0.1, -0.05) is 97.3 Å². The number of carbonyl (C=O) groups excluding carboxylic acids is 1. The van der Waals surface area contributed by atoms with Crippen molar-refractivity contribution in [2.24, 2.45) is 5.92 Å². The lowest BCUT2D eigenvalue weighted by Gasteiger charge is -2.19. The summed E-state index contributed by atoms with van der Waals surface area (Å²) >= 11 is 0. The number of Topliss-reactive ketones (excluding diaryl/α,β-unsaturated/α-hetero) is 1. The highest BCUT2D eigenvalue weighted by Gasteiger charge is 2.18. The fourth-order valence-corrected chi connectivity index (χ4v) is 6.01. The summed E-state index contributed by atoms with van der Waals surface area (Å²) in [6, 6.07) is 0. The summed E-state index contributed by atoms with van der Waals surface area (Å²) in [6.45, 7) is 9.93. The molecule has 1 heterocycles. The molecule has 2 unspecified atom stereocenters. The van der Waals surface area contributed by atoms with E-state index >= 15 is 0 Å². The first-order valence-electron chi connectivity index (χ1n) is 16.7. The van der Waals surface area contributed by atoms with Crippen LogP contribution in [0.2, 0.25) is 0 Å². The van der Waals surface area contributed by atoms with Crippen molar-refractivity contribution in [2.45, 2.75) is 149 Å². The topological polar surface area (TPSA) is 68.2 Å². The quantitative estimate of drug-likeness (QED) is 0.0683. The molecule has 6 nitrogen and oxygen atoms in total. The minimum Gasteiger partial charge on any atom is -0.381 e. The fourth-order valence-electron chi connectivity index (χ4n) is 5.31. The molecule has 0 aliphatic carbocycles. The van der Waals surface area contributed by atoms with Crippen LogP contribution in [0.5, 0.6) is 0 Å². The van der Waals surface area contributed by atoms with Gasteiger partial charge in [0, 0.05) is 25.4 Å². The molecule has 0 spiro atoms. The number of ketones is 1. The third-order valence-corrected chi connectivity index (χ3v) is 8.50. The van der Waals surface area contributed by atoms with E-state index in [1.54, 1.807) is 0 Å². The van der Waals surface area contributed by atoms with Crippen molar-refractivity contribution in [1.82, 2.24) is 4.90 Å². The Kier molecular flexibility index (Phi) is 26.5. The van der Waals surface area contributed by atoms with Crippen molar-refractivity contribution in [3.8, 4) is 0 Å². The number of likely N-dealkylation sites (tertiary alicyclic amines) is 1. The second-order valence-corrected chi connectivity index (χ2v) is 12.6. The molecular formula is C32H64NO5P. The zero-order chi connectivity index (χ0) is 28.2. The minimum atomic E-state index is -1.89. The van der Waals surface area contributed by atoms with E-state index in [9.17, 15) is 9.69 Å². The van der Waals surface area contributed by atoms with Gasteiger partial charge in [0.1, 0.15) is 5.78 Å². The second-order valence-electron chi connectivity index (χ2n) is 11.7. The summed E-state index contributed by atoms with van der Waals surface area (Å²) in [5, 5.41) is 0. The van der Waals surface area contributed by atoms with E-state index in [0.29, 0.717) is 32.7 Å². The van der Waals surface area contributed by atoms with Gasteiger partial charge >= 0.3 is 8.60 Å². The van der Waals surface area contributed by atoms with E-state index in [1.807, 2.05) is 6.92 Å². The summed E-state index contributed by atoms with van der Waals surface area (Å²) < 4.78 is 17.0. The van der Waals surface area contributed by atoms with Crippen molar-refractivity contribution in [3.63, 3.8) is 0 Å². The molecule has 0 saturated carbocycles.